The minimum absolute atomic E-state index is 0.00715. The van der Waals surface area contributed by atoms with E-state index in [1.54, 1.807) is 0 Å². The van der Waals surface area contributed by atoms with Crippen LogP contribution in [0.5, 0.6) is 0 Å². The molecule has 12 atom stereocenters. The van der Waals surface area contributed by atoms with Gasteiger partial charge in [-0.3, -0.25) is 4.79 Å². The van der Waals surface area contributed by atoms with Gasteiger partial charge >= 0.3 is 5.97 Å². The smallest absolute Gasteiger partial charge is 0.341 e. The predicted octanol–water partition coefficient (Wildman–Crippen LogP) is 1.71. The SMILES string of the molecule is C[C@]12CCC3[C@H](C1C[C@@H]1C2CC=C2OC(=O)[C@@H](O)[C@@]21C)[C@@H](O)C(=O)[C@@]1(O)C[C@H](O)CC[C@]31C. The number of Topliss-reactive ketones (excluding diaryl/α,β-unsaturated/α-hetero) is 1. The van der Waals surface area contributed by atoms with E-state index in [-0.39, 0.29) is 41.4 Å². The summed E-state index contributed by atoms with van der Waals surface area (Å²) in [4.78, 5) is 25.8. The van der Waals surface area contributed by atoms with E-state index < -0.39 is 46.5 Å². The van der Waals surface area contributed by atoms with Gasteiger partial charge in [-0.1, -0.05) is 13.8 Å². The van der Waals surface area contributed by atoms with Crippen molar-refractivity contribution in [1.82, 2.24) is 0 Å². The molecule has 33 heavy (non-hydrogen) atoms. The second-order valence-electron chi connectivity index (χ2n) is 12.7. The Morgan fingerprint density at radius 1 is 0.970 bits per heavy atom. The number of fused-ring (bicyclic) bond motifs is 9. The summed E-state index contributed by atoms with van der Waals surface area (Å²) in [5, 5.41) is 44.0. The number of hydrogen-bond acceptors (Lipinski definition) is 7. The summed E-state index contributed by atoms with van der Waals surface area (Å²) in [5.74, 6) is -0.546. The topological polar surface area (TPSA) is 124 Å². The highest BCUT2D eigenvalue weighted by Crippen LogP contribution is 2.72. The van der Waals surface area contributed by atoms with Crippen molar-refractivity contribution in [2.45, 2.75) is 89.6 Å². The van der Waals surface area contributed by atoms with E-state index in [1.807, 2.05) is 19.9 Å². The fraction of sp³-hybridized carbons (Fsp3) is 0.846. The summed E-state index contributed by atoms with van der Waals surface area (Å²) >= 11 is 0. The van der Waals surface area contributed by atoms with Gasteiger partial charge in [0.1, 0.15) is 17.5 Å². The highest BCUT2D eigenvalue weighted by molar-refractivity contribution is 5.93. The summed E-state index contributed by atoms with van der Waals surface area (Å²) in [6.45, 7) is 6.17. The van der Waals surface area contributed by atoms with E-state index in [0.717, 1.165) is 19.3 Å². The summed E-state index contributed by atoms with van der Waals surface area (Å²) in [7, 11) is 0. The Morgan fingerprint density at radius 3 is 2.42 bits per heavy atom. The number of ketones is 1. The molecule has 6 aliphatic rings. The van der Waals surface area contributed by atoms with Crippen LogP contribution in [0, 0.1) is 45.8 Å². The van der Waals surface area contributed by atoms with Gasteiger partial charge in [-0.25, -0.2) is 4.79 Å². The Kier molecular flexibility index (Phi) is 4.36. The lowest BCUT2D eigenvalue weighted by atomic mass is 9.42. The predicted molar refractivity (Wildman–Crippen MR) is 116 cm³/mol. The molecule has 5 aliphatic carbocycles. The molecule has 0 aromatic rings. The lowest BCUT2D eigenvalue weighted by Gasteiger charge is -2.64. The van der Waals surface area contributed by atoms with Crippen molar-refractivity contribution in [3.63, 3.8) is 0 Å². The van der Waals surface area contributed by atoms with Gasteiger partial charge in [0.25, 0.3) is 0 Å². The lowest BCUT2D eigenvalue weighted by molar-refractivity contribution is -0.232. The molecule has 1 aliphatic heterocycles. The zero-order valence-corrected chi connectivity index (χ0v) is 19.7. The quantitative estimate of drug-likeness (QED) is 0.406. The molecule has 0 aromatic heterocycles. The van der Waals surface area contributed by atoms with Crippen LogP contribution in [0.2, 0.25) is 0 Å². The van der Waals surface area contributed by atoms with Crippen molar-refractivity contribution >= 4 is 11.8 Å². The average Bonchev–Trinajstić information content (AvgIpc) is 3.20. The molecule has 182 valence electrons. The van der Waals surface area contributed by atoms with E-state index in [0.29, 0.717) is 25.0 Å². The maximum Gasteiger partial charge on any atom is 0.341 e. The normalized spacial score (nSPS) is 59.5. The fourth-order valence-corrected chi connectivity index (χ4v) is 9.81. The van der Waals surface area contributed by atoms with Crippen molar-refractivity contribution in [2.75, 3.05) is 0 Å². The van der Waals surface area contributed by atoms with E-state index in [9.17, 15) is 30.0 Å². The molecule has 0 radical (unpaired) electrons. The van der Waals surface area contributed by atoms with Crippen LogP contribution in [0.1, 0.15) is 65.7 Å². The van der Waals surface area contributed by atoms with E-state index in [4.69, 9.17) is 4.74 Å². The average molecular weight is 461 g/mol. The third-order valence-electron chi connectivity index (χ3n) is 11.8. The molecule has 7 heteroatoms. The van der Waals surface area contributed by atoms with Crippen LogP contribution in [0.25, 0.3) is 0 Å². The van der Waals surface area contributed by atoms with E-state index >= 15 is 0 Å². The number of hydrogen-bond donors (Lipinski definition) is 4. The molecule has 0 bridgehead atoms. The molecule has 5 fully saturated rings. The molecule has 1 saturated heterocycles. The Bertz CT molecular complexity index is 960. The number of rotatable bonds is 0. The first kappa shape index (κ1) is 22.2. The number of aliphatic hydroxyl groups is 4. The lowest BCUT2D eigenvalue weighted by Crippen LogP contribution is -2.71. The van der Waals surface area contributed by atoms with Gasteiger partial charge in [0, 0.05) is 11.8 Å². The molecule has 4 N–H and O–H groups in total. The molecular formula is C26H36O7. The van der Waals surface area contributed by atoms with Gasteiger partial charge in [0.05, 0.1) is 11.5 Å². The minimum atomic E-state index is -1.70. The number of aliphatic hydroxyl groups excluding tert-OH is 3. The van der Waals surface area contributed by atoms with Gasteiger partial charge in [0.2, 0.25) is 0 Å². The van der Waals surface area contributed by atoms with Crippen molar-refractivity contribution in [2.24, 2.45) is 45.8 Å². The van der Waals surface area contributed by atoms with Crippen molar-refractivity contribution in [1.29, 1.82) is 0 Å². The number of allylic oxidation sites excluding steroid dienone is 1. The summed E-state index contributed by atoms with van der Waals surface area (Å²) in [6, 6.07) is 0. The molecule has 0 spiro atoms. The third-order valence-corrected chi connectivity index (χ3v) is 11.8. The van der Waals surface area contributed by atoms with E-state index in [1.165, 1.54) is 0 Å². The Hall–Kier alpha value is -1.28. The van der Waals surface area contributed by atoms with Crippen LogP contribution in [0.4, 0.5) is 0 Å². The Balaban J connectivity index is 1.42. The number of ether oxygens (including phenoxy) is 1. The van der Waals surface area contributed by atoms with Gasteiger partial charge < -0.3 is 25.2 Å². The molecule has 1 heterocycles. The largest absolute Gasteiger partial charge is 0.429 e. The van der Waals surface area contributed by atoms with Crippen LogP contribution in [0.15, 0.2) is 11.8 Å². The first-order chi connectivity index (χ1) is 15.4. The van der Waals surface area contributed by atoms with Crippen LogP contribution in [0.3, 0.4) is 0 Å². The summed E-state index contributed by atoms with van der Waals surface area (Å²) in [6.07, 6.45) is 3.08. The Labute approximate surface area is 194 Å². The molecule has 0 amide bonds. The Morgan fingerprint density at radius 2 is 1.70 bits per heavy atom. The van der Waals surface area contributed by atoms with Crippen molar-refractivity contribution in [3.8, 4) is 0 Å². The maximum absolute atomic E-state index is 13.5. The van der Waals surface area contributed by atoms with Crippen LogP contribution in [-0.2, 0) is 14.3 Å². The molecule has 7 nitrogen and oxygen atoms in total. The number of esters is 1. The fourth-order valence-electron chi connectivity index (χ4n) is 9.81. The van der Waals surface area contributed by atoms with Crippen LogP contribution in [-0.4, -0.2) is 56.1 Å². The van der Waals surface area contributed by atoms with Gasteiger partial charge in [-0.2, -0.15) is 0 Å². The van der Waals surface area contributed by atoms with E-state index in [2.05, 4.69) is 6.92 Å². The maximum atomic E-state index is 13.5. The second kappa shape index (κ2) is 6.48. The standard InChI is InChI=1S/C26H36O7/c1-23-8-7-14-18(19(28)20(29)26(32)11-12(27)6-9-24(14,26)2)16(23)10-15-13(23)4-5-17-25(15,3)21(30)22(31)33-17/h5,12-16,18-19,21,27-28,30,32H,4,6-11H2,1-3H3/t12-,13?,14?,15-,16?,18-,19-,21-,23-,24-,25-,26+/m1/s1. The highest BCUT2D eigenvalue weighted by Gasteiger charge is 2.73. The number of carbonyl (C=O) groups excluding carboxylic acids is 2. The van der Waals surface area contributed by atoms with Crippen LogP contribution >= 0.6 is 0 Å². The summed E-state index contributed by atoms with van der Waals surface area (Å²) < 4.78 is 5.44. The van der Waals surface area contributed by atoms with Crippen molar-refractivity contribution in [3.05, 3.63) is 11.8 Å². The third kappa shape index (κ3) is 2.36. The molecule has 3 unspecified atom stereocenters. The highest BCUT2D eigenvalue weighted by atomic mass is 16.6. The van der Waals surface area contributed by atoms with Gasteiger partial charge in [-0.15, -0.1) is 0 Å². The van der Waals surface area contributed by atoms with Gasteiger partial charge in [-0.05, 0) is 86.5 Å². The zero-order chi connectivity index (χ0) is 23.7. The minimum Gasteiger partial charge on any atom is -0.429 e. The first-order valence-electron chi connectivity index (χ1n) is 12.6. The second-order valence-corrected chi connectivity index (χ2v) is 12.7. The summed E-state index contributed by atoms with van der Waals surface area (Å²) in [5.41, 5.74) is -3.29. The van der Waals surface area contributed by atoms with Gasteiger partial charge in [0.15, 0.2) is 11.9 Å². The molecule has 4 saturated carbocycles. The molecule has 6 rings (SSSR count). The number of carbonyl (C=O) groups is 2. The zero-order valence-electron chi connectivity index (χ0n) is 19.7. The molecular weight excluding hydrogens is 424 g/mol. The first-order valence-corrected chi connectivity index (χ1v) is 12.6. The van der Waals surface area contributed by atoms with Crippen molar-refractivity contribution < 1.29 is 34.8 Å². The monoisotopic (exact) mass is 460 g/mol. The van der Waals surface area contributed by atoms with Crippen LogP contribution < -0.4 is 0 Å². The molecule has 0 aromatic carbocycles.